The van der Waals surface area contributed by atoms with Gasteiger partial charge in [0.15, 0.2) is 0 Å². The Hall–Kier alpha value is -2.45. The van der Waals surface area contributed by atoms with Crippen molar-refractivity contribution in [2.24, 2.45) is 0 Å². The average molecular weight is 417 g/mol. The van der Waals surface area contributed by atoms with E-state index < -0.39 is 0 Å². The summed E-state index contributed by atoms with van der Waals surface area (Å²) in [6.07, 6.45) is 2.81. The van der Waals surface area contributed by atoms with Gasteiger partial charge in [-0.25, -0.2) is 4.98 Å². The van der Waals surface area contributed by atoms with Crippen molar-refractivity contribution in [1.82, 2.24) is 19.4 Å². The molecule has 1 amide bonds. The summed E-state index contributed by atoms with van der Waals surface area (Å²) in [5, 5.41) is 1.93. The van der Waals surface area contributed by atoms with Crippen LogP contribution in [0.15, 0.2) is 33.4 Å². The number of allylic oxidation sites excluding steroid dienone is 1. The van der Waals surface area contributed by atoms with Crippen LogP contribution in [0.1, 0.15) is 35.6 Å². The smallest absolute Gasteiger partial charge is 0.259 e. The first-order valence-corrected chi connectivity index (χ1v) is 10.6. The Labute approximate surface area is 175 Å². The molecule has 0 spiro atoms. The van der Waals surface area contributed by atoms with Gasteiger partial charge in [0, 0.05) is 56.8 Å². The maximum atomic E-state index is 13.3. The van der Waals surface area contributed by atoms with E-state index in [2.05, 4.69) is 29.8 Å². The predicted octanol–water partition coefficient (Wildman–Crippen LogP) is 2.41. The lowest BCUT2D eigenvalue weighted by Crippen LogP contribution is -2.32. The van der Waals surface area contributed by atoms with Gasteiger partial charge in [0.1, 0.15) is 11.3 Å². The minimum Gasteiger partial charge on any atom is -0.496 e. The first kappa shape index (κ1) is 21.3. The van der Waals surface area contributed by atoms with Gasteiger partial charge in [-0.2, -0.15) is 0 Å². The predicted molar refractivity (Wildman–Crippen MR) is 115 cm³/mol. The Bertz CT molecular complexity index is 946. The number of amides is 1. The fraction of sp³-hybridized carbons (Fsp3) is 0.476. The van der Waals surface area contributed by atoms with E-state index in [4.69, 9.17) is 4.74 Å². The summed E-state index contributed by atoms with van der Waals surface area (Å²) in [6.45, 7) is 7.53. The standard InChI is InChI=1S/C21H28N4O3S/c1-15(2)5-7-24-8-6-17-20(18(28-4)11-19(26)25(17)10-9-24)21(27)23(3)12-16-13-29-14-22-16/h5,11,13-14H,6-10,12H2,1-4H3. The molecular weight excluding hydrogens is 388 g/mol. The minimum atomic E-state index is -0.156. The molecule has 29 heavy (non-hydrogen) atoms. The molecule has 0 N–H and O–H groups in total. The van der Waals surface area contributed by atoms with E-state index in [1.54, 1.807) is 22.0 Å². The van der Waals surface area contributed by atoms with Gasteiger partial charge in [-0.3, -0.25) is 14.5 Å². The largest absolute Gasteiger partial charge is 0.496 e. The van der Waals surface area contributed by atoms with Gasteiger partial charge in [-0.1, -0.05) is 11.6 Å². The summed E-state index contributed by atoms with van der Waals surface area (Å²) >= 11 is 1.50. The van der Waals surface area contributed by atoms with Gasteiger partial charge >= 0.3 is 0 Å². The van der Waals surface area contributed by atoms with Gasteiger partial charge in [0.05, 0.1) is 24.9 Å². The number of carbonyl (C=O) groups is 1. The summed E-state index contributed by atoms with van der Waals surface area (Å²) in [5.41, 5.74) is 4.98. The number of ether oxygens (including phenoxy) is 1. The molecule has 1 aliphatic heterocycles. The lowest BCUT2D eigenvalue weighted by atomic mass is 10.1. The van der Waals surface area contributed by atoms with Crippen LogP contribution in [0.5, 0.6) is 5.75 Å². The molecule has 0 radical (unpaired) electrons. The monoisotopic (exact) mass is 416 g/mol. The minimum absolute atomic E-state index is 0.125. The van der Waals surface area contributed by atoms with Gasteiger partial charge in [-0.05, 0) is 13.8 Å². The van der Waals surface area contributed by atoms with Crippen LogP contribution in [0.4, 0.5) is 0 Å². The lowest BCUT2D eigenvalue weighted by Gasteiger charge is -2.21. The molecule has 0 fully saturated rings. The van der Waals surface area contributed by atoms with E-state index in [1.165, 1.54) is 30.1 Å². The second kappa shape index (κ2) is 9.37. The van der Waals surface area contributed by atoms with Crippen molar-refractivity contribution in [2.75, 3.05) is 33.8 Å². The Kier molecular flexibility index (Phi) is 6.87. The number of hydrogen-bond acceptors (Lipinski definition) is 6. The maximum absolute atomic E-state index is 13.3. The van der Waals surface area contributed by atoms with Crippen molar-refractivity contribution in [3.8, 4) is 5.75 Å². The van der Waals surface area contributed by atoms with Crippen molar-refractivity contribution in [3.63, 3.8) is 0 Å². The summed E-state index contributed by atoms with van der Waals surface area (Å²) in [4.78, 5) is 34.2. The zero-order valence-corrected chi connectivity index (χ0v) is 18.3. The number of methoxy groups -OCH3 is 1. The van der Waals surface area contributed by atoms with Crippen molar-refractivity contribution in [3.05, 3.63) is 55.9 Å². The molecule has 8 heteroatoms. The van der Waals surface area contributed by atoms with Gasteiger partial charge in [-0.15, -0.1) is 11.3 Å². The van der Waals surface area contributed by atoms with Crippen LogP contribution in [-0.2, 0) is 19.5 Å². The SMILES string of the molecule is COc1cc(=O)n2c(c1C(=O)N(C)Cc1cscn1)CCN(CC=C(C)C)CC2. The van der Waals surface area contributed by atoms with Gasteiger partial charge in [0.25, 0.3) is 11.5 Å². The Morgan fingerprint density at radius 3 is 2.79 bits per heavy atom. The molecule has 3 heterocycles. The Morgan fingerprint density at radius 2 is 2.14 bits per heavy atom. The van der Waals surface area contributed by atoms with E-state index in [0.29, 0.717) is 30.8 Å². The normalized spacial score (nSPS) is 14.1. The van der Waals surface area contributed by atoms with E-state index in [9.17, 15) is 9.59 Å². The fourth-order valence-electron chi connectivity index (χ4n) is 3.50. The highest BCUT2D eigenvalue weighted by molar-refractivity contribution is 7.07. The highest BCUT2D eigenvalue weighted by atomic mass is 32.1. The number of hydrogen-bond donors (Lipinski definition) is 0. The van der Waals surface area contributed by atoms with Gasteiger partial charge < -0.3 is 14.2 Å². The molecule has 0 saturated carbocycles. The molecule has 3 rings (SSSR count). The van der Waals surface area contributed by atoms with Crippen LogP contribution in [-0.4, -0.2) is 59.0 Å². The third-order valence-corrected chi connectivity index (χ3v) is 5.74. The third-order valence-electron chi connectivity index (χ3n) is 5.11. The molecule has 0 atom stereocenters. The second-order valence-corrected chi connectivity index (χ2v) is 8.22. The van der Waals surface area contributed by atoms with Crippen molar-refractivity contribution >= 4 is 17.2 Å². The van der Waals surface area contributed by atoms with Crippen molar-refractivity contribution in [2.45, 2.75) is 33.4 Å². The topological polar surface area (TPSA) is 67.7 Å². The van der Waals surface area contributed by atoms with Crippen LogP contribution < -0.4 is 10.3 Å². The number of thiazole rings is 1. The highest BCUT2D eigenvalue weighted by Gasteiger charge is 2.27. The summed E-state index contributed by atoms with van der Waals surface area (Å²) in [5.74, 6) is 0.186. The van der Waals surface area contributed by atoms with Crippen LogP contribution >= 0.6 is 11.3 Å². The number of fused-ring (bicyclic) bond motifs is 1. The molecule has 2 aromatic heterocycles. The third kappa shape index (κ3) is 4.94. The highest BCUT2D eigenvalue weighted by Crippen LogP contribution is 2.25. The average Bonchev–Trinajstić information content (AvgIpc) is 3.10. The van der Waals surface area contributed by atoms with E-state index in [0.717, 1.165) is 31.0 Å². The number of carbonyl (C=O) groups excluding carboxylic acids is 1. The second-order valence-electron chi connectivity index (χ2n) is 7.50. The zero-order chi connectivity index (χ0) is 21.0. The van der Waals surface area contributed by atoms with Crippen LogP contribution in [0.25, 0.3) is 0 Å². The van der Waals surface area contributed by atoms with E-state index in [-0.39, 0.29) is 11.5 Å². The van der Waals surface area contributed by atoms with Crippen LogP contribution in [0, 0.1) is 0 Å². The quantitative estimate of drug-likeness (QED) is 0.677. The van der Waals surface area contributed by atoms with Gasteiger partial charge in [0.2, 0.25) is 0 Å². The molecule has 0 unspecified atom stereocenters. The number of pyridine rings is 1. The molecule has 1 aliphatic rings. The number of nitrogens with zero attached hydrogens (tertiary/aromatic N) is 4. The molecule has 7 nitrogen and oxygen atoms in total. The van der Waals surface area contributed by atoms with E-state index >= 15 is 0 Å². The molecule has 0 aromatic carbocycles. The lowest BCUT2D eigenvalue weighted by molar-refractivity contribution is 0.0777. The van der Waals surface area contributed by atoms with Crippen molar-refractivity contribution < 1.29 is 9.53 Å². The molecule has 0 saturated heterocycles. The first-order chi connectivity index (χ1) is 13.9. The molecule has 0 bridgehead atoms. The summed E-state index contributed by atoms with van der Waals surface area (Å²) in [7, 11) is 3.25. The molecule has 2 aromatic rings. The van der Waals surface area contributed by atoms with Crippen molar-refractivity contribution in [1.29, 1.82) is 0 Å². The Balaban J connectivity index is 1.93. The fourth-order valence-corrected chi connectivity index (χ4v) is 4.05. The molecular formula is C21H28N4O3S. The van der Waals surface area contributed by atoms with Crippen LogP contribution in [0.2, 0.25) is 0 Å². The molecule has 0 aliphatic carbocycles. The number of rotatable bonds is 6. The molecule has 156 valence electrons. The Morgan fingerprint density at radius 1 is 1.34 bits per heavy atom. The maximum Gasteiger partial charge on any atom is 0.259 e. The number of aromatic nitrogens is 2. The zero-order valence-electron chi connectivity index (χ0n) is 17.5. The summed E-state index contributed by atoms with van der Waals surface area (Å²) < 4.78 is 7.18. The van der Waals surface area contributed by atoms with E-state index in [1.807, 2.05) is 5.38 Å². The van der Waals surface area contributed by atoms with Crippen LogP contribution in [0.3, 0.4) is 0 Å². The summed E-state index contributed by atoms with van der Waals surface area (Å²) in [6, 6.07) is 1.43. The first-order valence-electron chi connectivity index (χ1n) is 9.69.